The van der Waals surface area contributed by atoms with Crippen molar-refractivity contribution in [1.82, 2.24) is 5.32 Å². The highest BCUT2D eigenvalue weighted by atomic mass is 32.2. The second-order valence-electron chi connectivity index (χ2n) is 5.61. The molecule has 116 valence electrons. The van der Waals surface area contributed by atoms with E-state index in [0.717, 1.165) is 11.3 Å². The summed E-state index contributed by atoms with van der Waals surface area (Å²) in [5.41, 5.74) is 3.64. The van der Waals surface area contributed by atoms with E-state index < -0.39 is 0 Å². The second kappa shape index (κ2) is 8.04. The fourth-order valence-corrected chi connectivity index (χ4v) is 3.00. The average Bonchev–Trinajstić information content (AvgIpc) is 2.50. The first-order valence-electron chi connectivity index (χ1n) is 7.60. The fourth-order valence-electron chi connectivity index (χ4n) is 2.15. The molecule has 0 aromatic heterocycles. The zero-order valence-electron chi connectivity index (χ0n) is 13.4. The van der Waals surface area contributed by atoms with Gasteiger partial charge in [-0.15, -0.1) is 11.8 Å². The molecule has 0 aliphatic rings. The van der Waals surface area contributed by atoms with Crippen molar-refractivity contribution in [1.29, 1.82) is 0 Å². The third kappa shape index (κ3) is 5.23. The lowest BCUT2D eigenvalue weighted by molar-refractivity contribution is -0.121. The fraction of sp³-hybridized carbons (Fsp3) is 0.316. The van der Waals surface area contributed by atoms with Crippen LogP contribution in [0.3, 0.4) is 0 Å². The van der Waals surface area contributed by atoms with Crippen molar-refractivity contribution < 1.29 is 4.79 Å². The molecule has 1 atom stereocenters. The monoisotopic (exact) mass is 313 g/mol. The van der Waals surface area contributed by atoms with Gasteiger partial charge in [-0.3, -0.25) is 4.79 Å². The van der Waals surface area contributed by atoms with E-state index >= 15 is 0 Å². The van der Waals surface area contributed by atoms with Crippen LogP contribution in [0.15, 0.2) is 53.4 Å². The molecular weight excluding hydrogens is 290 g/mol. The van der Waals surface area contributed by atoms with Crippen molar-refractivity contribution in [2.24, 2.45) is 0 Å². The van der Waals surface area contributed by atoms with Gasteiger partial charge in [-0.25, -0.2) is 0 Å². The SMILES string of the molecule is Cc1ccc(SCCC(=O)NC(C)c2ccc(C)cc2)cc1. The van der Waals surface area contributed by atoms with Crippen LogP contribution in [0.4, 0.5) is 0 Å². The maximum absolute atomic E-state index is 12.0. The lowest BCUT2D eigenvalue weighted by Crippen LogP contribution is -2.26. The summed E-state index contributed by atoms with van der Waals surface area (Å²) in [5.74, 6) is 0.905. The van der Waals surface area contributed by atoms with Gasteiger partial charge < -0.3 is 5.32 Å². The molecule has 1 amide bonds. The van der Waals surface area contributed by atoms with Crippen LogP contribution in [0.2, 0.25) is 0 Å². The van der Waals surface area contributed by atoms with Crippen molar-refractivity contribution in [2.45, 2.75) is 38.1 Å². The molecule has 0 saturated heterocycles. The van der Waals surface area contributed by atoms with Crippen molar-refractivity contribution in [2.75, 3.05) is 5.75 Å². The van der Waals surface area contributed by atoms with E-state index in [4.69, 9.17) is 0 Å². The Bertz CT molecular complexity index is 604. The van der Waals surface area contributed by atoms with Crippen LogP contribution in [0.1, 0.15) is 36.1 Å². The number of rotatable bonds is 6. The number of carbonyl (C=O) groups excluding carboxylic acids is 1. The molecule has 0 spiro atoms. The minimum absolute atomic E-state index is 0.0532. The van der Waals surface area contributed by atoms with Crippen molar-refractivity contribution in [3.05, 3.63) is 65.2 Å². The number of hydrogen-bond acceptors (Lipinski definition) is 2. The Labute approximate surface area is 137 Å². The van der Waals surface area contributed by atoms with E-state index in [9.17, 15) is 4.79 Å². The van der Waals surface area contributed by atoms with E-state index in [2.05, 4.69) is 67.7 Å². The average molecular weight is 313 g/mol. The Morgan fingerprint density at radius 2 is 1.55 bits per heavy atom. The van der Waals surface area contributed by atoms with E-state index in [-0.39, 0.29) is 11.9 Å². The van der Waals surface area contributed by atoms with Gasteiger partial charge in [0.05, 0.1) is 6.04 Å². The molecule has 22 heavy (non-hydrogen) atoms. The minimum Gasteiger partial charge on any atom is -0.350 e. The van der Waals surface area contributed by atoms with Crippen LogP contribution < -0.4 is 5.32 Å². The van der Waals surface area contributed by atoms with Crippen molar-refractivity contribution >= 4 is 17.7 Å². The predicted molar refractivity (Wildman–Crippen MR) is 94.3 cm³/mol. The first-order valence-corrected chi connectivity index (χ1v) is 8.58. The summed E-state index contributed by atoms with van der Waals surface area (Å²) in [6.07, 6.45) is 0.536. The van der Waals surface area contributed by atoms with E-state index in [1.165, 1.54) is 16.0 Å². The Hall–Kier alpha value is -1.74. The van der Waals surface area contributed by atoms with Crippen LogP contribution in [0.25, 0.3) is 0 Å². The second-order valence-corrected chi connectivity index (χ2v) is 6.78. The molecule has 0 aliphatic heterocycles. The van der Waals surface area contributed by atoms with Crippen LogP contribution >= 0.6 is 11.8 Å². The number of thioether (sulfide) groups is 1. The number of hydrogen-bond donors (Lipinski definition) is 1. The summed E-state index contributed by atoms with van der Waals surface area (Å²) in [4.78, 5) is 13.2. The summed E-state index contributed by atoms with van der Waals surface area (Å²) in [6, 6.07) is 16.8. The van der Waals surface area contributed by atoms with Gasteiger partial charge in [-0.05, 0) is 38.5 Å². The molecule has 1 unspecified atom stereocenters. The Kier molecular flexibility index (Phi) is 6.08. The van der Waals surface area contributed by atoms with Gasteiger partial charge >= 0.3 is 0 Å². The van der Waals surface area contributed by atoms with Gasteiger partial charge in [-0.2, -0.15) is 0 Å². The molecule has 0 radical (unpaired) electrons. The molecular formula is C19H23NOS. The van der Waals surface area contributed by atoms with Crippen molar-refractivity contribution in [3.63, 3.8) is 0 Å². The summed E-state index contributed by atoms with van der Waals surface area (Å²) in [7, 11) is 0. The van der Waals surface area contributed by atoms with E-state index in [1.807, 2.05) is 6.92 Å². The Morgan fingerprint density at radius 1 is 1.00 bits per heavy atom. The predicted octanol–water partition coefficient (Wildman–Crippen LogP) is 4.66. The zero-order chi connectivity index (χ0) is 15.9. The standard InChI is InChI=1S/C19H23NOS/c1-14-4-8-17(9-5-14)16(3)20-19(21)12-13-22-18-10-6-15(2)7-11-18/h4-11,16H,12-13H2,1-3H3,(H,20,21). The smallest absolute Gasteiger partial charge is 0.221 e. The molecule has 2 aromatic rings. The Balaban J connectivity index is 1.75. The normalized spacial score (nSPS) is 12.0. The summed E-state index contributed by atoms with van der Waals surface area (Å²) >= 11 is 1.72. The van der Waals surface area contributed by atoms with Gasteiger partial charge in [0.25, 0.3) is 0 Å². The van der Waals surface area contributed by atoms with Crippen LogP contribution in [-0.4, -0.2) is 11.7 Å². The topological polar surface area (TPSA) is 29.1 Å². The molecule has 2 aromatic carbocycles. The molecule has 2 nitrogen and oxygen atoms in total. The maximum atomic E-state index is 12.0. The summed E-state index contributed by atoms with van der Waals surface area (Å²) < 4.78 is 0. The molecule has 3 heteroatoms. The van der Waals surface area contributed by atoms with Gasteiger partial charge in [-0.1, -0.05) is 47.5 Å². The molecule has 2 rings (SSSR count). The largest absolute Gasteiger partial charge is 0.350 e. The van der Waals surface area contributed by atoms with Crippen LogP contribution in [0.5, 0.6) is 0 Å². The van der Waals surface area contributed by atoms with Gasteiger partial charge in [0.2, 0.25) is 5.91 Å². The molecule has 0 aliphatic carbocycles. The number of amides is 1. The molecule has 0 saturated carbocycles. The number of carbonyl (C=O) groups is 1. The highest BCUT2D eigenvalue weighted by molar-refractivity contribution is 7.99. The number of benzene rings is 2. The van der Waals surface area contributed by atoms with Gasteiger partial charge in [0.15, 0.2) is 0 Å². The summed E-state index contributed by atoms with van der Waals surface area (Å²) in [5, 5.41) is 3.06. The first kappa shape index (κ1) is 16.6. The van der Waals surface area contributed by atoms with Gasteiger partial charge in [0.1, 0.15) is 0 Å². The Morgan fingerprint density at radius 3 is 2.14 bits per heavy atom. The maximum Gasteiger partial charge on any atom is 0.221 e. The van der Waals surface area contributed by atoms with Gasteiger partial charge in [0, 0.05) is 17.1 Å². The number of nitrogens with one attached hydrogen (secondary N) is 1. The minimum atomic E-state index is 0.0532. The lowest BCUT2D eigenvalue weighted by atomic mass is 10.1. The van der Waals surface area contributed by atoms with Crippen LogP contribution in [-0.2, 0) is 4.79 Å². The third-order valence-corrected chi connectivity index (χ3v) is 4.59. The molecule has 1 N–H and O–H groups in total. The lowest BCUT2D eigenvalue weighted by Gasteiger charge is -2.14. The molecule has 0 heterocycles. The highest BCUT2D eigenvalue weighted by Crippen LogP contribution is 2.19. The van der Waals surface area contributed by atoms with Crippen LogP contribution in [0, 0.1) is 13.8 Å². The molecule has 0 bridgehead atoms. The third-order valence-electron chi connectivity index (χ3n) is 3.57. The van der Waals surface area contributed by atoms with Crippen molar-refractivity contribution in [3.8, 4) is 0 Å². The first-order chi connectivity index (χ1) is 10.5. The van der Waals surface area contributed by atoms with E-state index in [1.54, 1.807) is 11.8 Å². The highest BCUT2D eigenvalue weighted by Gasteiger charge is 2.09. The summed E-state index contributed by atoms with van der Waals surface area (Å²) in [6.45, 7) is 6.17. The quantitative estimate of drug-likeness (QED) is 0.786. The number of aryl methyl sites for hydroxylation is 2. The molecule has 0 fully saturated rings. The zero-order valence-corrected chi connectivity index (χ0v) is 14.2. The van der Waals surface area contributed by atoms with E-state index in [0.29, 0.717) is 6.42 Å².